The van der Waals surface area contributed by atoms with Gasteiger partial charge in [0, 0.05) is 6.04 Å². The fourth-order valence-electron chi connectivity index (χ4n) is 3.57. The summed E-state index contributed by atoms with van der Waals surface area (Å²) in [5.74, 6) is 0.285. The maximum atomic E-state index is 12.5. The first kappa shape index (κ1) is 16.3. The minimum absolute atomic E-state index is 0.0555. The third kappa shape index (κ3) is 3.76. The molecule has 0 radical (unpaired) electrons. The van der Waals surface area contributed by atoms with Crippen molar-refractivity contribution < 1.29 is 14.3 Å². The summed E-state index contributed by atoms with van der Waals surface area (Å²) in [5, 5.41) is 6.34. The first-order chi connectivity index (χ1) is 10.1. The quantitative estimate of drug-likeness (QED) is 0.756. The molecule has 5 unspecified atom stereocenters. The lowest BCUT2D eigenvalue weighted by atomic mass is 9.85. The summed E-state index contributed by atoms with van der Waals surface area (Å²) in [7, 11) is 1.37. The van der Waals surface area contributed by atoms with E-state index >= 15 is 0 Å². The Labute approximate surface area is 127 Å². The highest BCUT2D eigenvalue weighted by Crippen LogP contribution is 2.33. The Morgan fingerprint density at radius 3 is 2.67 bits per heavy atom. The average Bonchev–Trinajstić information content (AvgIpc) is 2.95. The lowest BCUT2D eigenvalue weighted by molar-refractivity contribution is -0.146. The van der Waals surface area contributed by atoms with Crippen molar-refractivity contribution in [2.45, 2.75) is 70.5 Å². The van der Waals surface area contributed by atoms with Crippen molar-refractivity contribution in [3.63, 3.8) is 0 Å². The van der Waals surface area contributed by atoms with Gasteiger partial charge in [0.15, 0.2) is 0 Å². The minimum Gasteiger partial charge on any atom is -0.467 e. The summed E-state index contributed by atoms with van der Waals surface area (Å²) in [6.07, 6.45) is 6.62. The highest BCUT2D eigenvalue weighted by atomic mass is 16.5. The summed E-state index contributed by atoms with van der Waals surface area (Å²) < 4.78 is 4.82. The van der Waals surface area contributed by atoms with Crippen LogP contribution in [0.25, 0.3) is 0 Å². The number of esters is 1. The zero-order chi connectivity index (χ0) is 15.4. The molecule has 1 aliphatic heterocycles. The Kier molecular flexibility index (Phi) is 5.62. The zero-order valence-corrected chi connectivity index (χ0v) is 13.4. The largest absolute Gasteiger partial charge is 0.467 e. The maximum Gasteiger partial charge on any atom is 0.328 e. The number of fused-ring (bicyclic) bond motifs is 1. The second-order valence-corrected chi connectivity index (χ2v) is 6.50. The Hall–Kier alpha value is -1.10. The number of carbonyl (C=O) groups excluding carboxylic acids is 2. The van der Waals surface area contributed by atoms with Crippen LogP contribution < -0.4 is 10.6 Å². The number of hydrogen-bond donors (Lipinski definition) is 2. The molecule has 5 atom stereocenters. The second-order valence-electron chi connectivity index (χ2n) is 6.50. The van der Waals surface area contributed by atoms with Crippen LogP contribution in [-0.2, 0) is 14.3 Å². The van der Waals surface area contributed by atoms with Crippen LogP contribution in [-0.4, -0.2) is 37.1 Å². The van der Waals surface area contributed by atoms with Crippen LogP contribution in [0.4, 0.5) is 0 Å². The van der Waals surface area contributed by atoms with Crippen molar-refractivity contribution in [2.24, 2.45) is 11.8 Å². The summed E-state index contributed by atoms with van der Waals surface area (Å²) in [5.41, 5.74) is 0. The monoisotopic (exact) mass is 296 g/mol. The number of carbonyl (C=O) groups is 2. The summed E-state index contributed by atoms with van der Waals surface area (Å²) in [6.45, 7) is 3.97. The topological polar surface area (TPSA) is 67.4 Å². The fourth-order valence-corrected chi connectivity index (χ4v) is 3.57. The smallest absolute Gasteiger partial charge is 0.328 e. The van der Waals surface area contributed by atoms with Crippen LogP contribution in [0.1, 0.15) is 52.4 Å². The molecule has 5 heteroatoms. The van der Waals surface area contributed by atoms with Gasteiger partial charge in [-0.1, -0.05) is 33.1 Å². The Morgan fingerprint density at radius 1 is 1.33 bits per heavy atom. The highest BCUT2D eigenvalue weighted by Gasteiger charge is 2.39. The minimum atomic E-state index is -0.545. The van der Waals surface area contributed by atoms with Crippen molar-refractivity contribution in [1.29, 1.82) is 0 Å². The van der Waals surface area contributed by atoms with Gasteiger partial charge < -0.3 is 15.4 Å². The lowest BCUT2D eigenvalue weighted by Gasteiger charge is -2.24. The molecule has 1 saturated heterocycles. The third-order valence-corrected chi connectivity index (χ3v) is 5.15. The van der Waals surface area contributed by atoms with E-state index in [0.717, 1.165) is 12.8 Å². The Balaban J connectivity index is 1.94. The molecule has 2 rings (SSSR count). The van der Waals surface area contributed by atoms with Gasteiger partial charge >= 0.3 is 5.97 Å². The molecule has 1 saturated carbocycles. The normalized spacial score (nSPS) is 31.1. The molecular weight excluding hydrogens is 268 g/mol. The van der Waals surface area contributed by atoms with E-state index in [2.05, 4.69) is 10.6 Å². The van der Waals surface area contributed by atoms with Gasteiger partial charge in [-0.3, -0.25) is 4.79 Å². The van der Waals surface area contributed by atoms with E-state index in [9.17, 15) is 9.59 Å². The van der Waals surface area contributed by atoms with Crippen molar-refractivity contribution in [2.75, 3.05) is 7.11 Å². The number of rotatable bonds is 5. The predicted molar refractivity (Wildman–Crippen MR) is 80.7 cm³/mol. The van der Waals surface area contributed by atoms with Crippen LogP contribution in [0.5, 0.6) is 0 Å². The van der Waals surface area contributed by atoms with E-state index in [-0.39, 0.29) is 23.8 Å². The SMILES string of the molecule is CCC(C)C(NC(=O)C1CC2CCCCC2N1)C(=O)OC. The van der Waals surface area contributed by atoms with E-state index in [4.69, 9.17) is 4.74 Å². The van der Waals surface area contributed by atoms with E-state index < -0.39 is 6.04 Å². The molecule has 2 aliphatic rings. The van der Waals surface area contributed by atoms with Crippen molar-refractivity contribution >= 4 is 11.9 Å². The summed E-state index contributed by atoms with van der Waals surface area (Å²) in [6, 6.07) is -0.221. The highest BCUT2D eigenvalue weighted by molar-refractivity contribution is 5.88. The number of nitrogens with one attached hydrogen (secondary N) is 2. The molecule has 2 fully saturated rings. The van der Waals surface area contributed by atoms with Gasteiger partial charge in [-0.05, 0) is 31.1 Å². The van der Waals surface area contributed by atoms with E-state index in [1.165, 1.54) is 32.8 Å². The van der Waals surface area contributed by atoms with Crippen LogP contribution in [0, 0.1) is 11.8 Å². The van der Waals surface area contributed by atoms with Crippen molar-refractivity contribution in [3.8, 4) is 0 Å². The van der Waals surface area contributed by atoms with Gasteiger partial charge in [0.25, 0.3) is 0 Å². The Bertz CT molecular complexity index is 372. The molecule has 1 aliphatic carbocycles. The van der Waals surface area contributed by atoms with Crippen molar-refractivity contribution in [1.82, 2.24) is 10.6 Å². The van der Waals surface area contributed by atoms with Crippen molar-refractivity contribution in [3.05, 3.63) is 0 Å². The number of amides is 1. The molecule has 1 heterocycles. The second kappa shape index (κ2) is 7.25. The molecule has 2 N–H and O–H groups in total. The molecule has 0 bridgehead atoms. The van der Waals surface area contributed by atoms with Gasteiger partial charge in [-0.15, -0.1) is 0 Å². The molecule has 5 nitrogen and oxygen atoms in total. The number of methoxy groups -OCH3 is 1. The molecule has 0 spiro atoms. The molecule has 1 amide bonds. The Morgan fingerprint density at radius 2 is 2.05 bits per heavy atom. The first-order valence-electron chi connectivity index (χ1n) is 8.21. The summed E-state index contributed by atoms with van der Waals surface area (Å²) in [4.78, 5) is 24.3. The molecule has 21 heavy (non-hydrogen) atoms. The van der Waals surface area contributed by atoms with Crippen LogP contribution in [0.3, 0.4) is 0 Å². The molecular formula is C16H28N2O3. The van der Waals surface area contributed by atoms with Crippen LogP contribution in [0.15, 0.2) is 0 Å². The average molecular weight is 296 g/mol. The zero-order valence-electron chi connectivity index (χ0n) is 13.4. The van der Waals surface area contributed by atoms with Gasteiger partial charge in [0.1, 0.15) is 6.04 Å². The van der Waals surface area contributed by atoms with Gasteiger partial charge in [-0.25, -0.2) is 4.79 Å². The maximum absolute atomic E-state index is 12.5. The lowest BCUT2D eigenvalue weighted by Crippen LogP contribution is -2.51. The molecule has 0 aromatic carbocycles. The van der Waals surface area contributed by atoms with E-state index in [0.29, 0.717) is 12.0 Å². The van der Waals surface area contributed by atoms with Gasteiger partial charge in [0.2, 0.25) is 5.91 Å². The number of ether oxygens (including phenoxy) is 1. The fraction of sp³-hybridized carbons (Fsp3) is 0.875. The summed E-state index contributed by atoms with van der Waals surface area (Å²) >= 11 is 0. The first-order valence-corrected chi connectivity index (χ1v) is 8.21. The molecule has 120 valence electrons. The van der Waals surface area contributed by atoms with E-state index in [1.54, 1.807) is 0 Å². The predicted octanol–water partition coefficient (Wildman–Crippen LogP) is 1.61. The molecule has 0 aromatic heterocycles. The van der Waals surface area contributed by atoms with Gasteiger partial charge in [0.05, 0.1) is 13.2 Å². The molecule has 0 aromatic rings. The number of hydrogen-bond acceptors (Lipinski definition) is 4. The van der Waals surface area contributed by atoms with Gasteiger partial charge in [-0.2, -0.15) is 0 Å². The standard InChI is InChI=1S/C16H28N2O3/c1-4-10(2)14(16(20)21-3)18-15(19)13-9-11-7-5-6-8-12(11)17-13/h10-14,17H,4-9H2,1-3H3,(H,18,19). The van der Waals surface area contributed by atoms with E-state index in [1.807, 2.05) is 13.8 Å². The van der Waals surface area contributed by atoms with Crippen LogP contribution >= 0.6 is 0 Å². The van der Waals surface area contributed by atoms with Crippen LogP contribution in [0.2, 0.25) is 0 Å². The third-order valence-electron chi connectivity index (χ3n) is 5.15.